The monoisotopic (exact) mass is 345 g/mol. The molecule has 0 saturated heterocycles. The Morgan fingerprint density at radius 2 is 1.67 bits per heavy atom. The summed E-state index contributed by atoms with van der Waals surface area (Å²) in [6.45, 7) is 5.50. The van der Waals surface area contributed by atoms with Crippen molar-refractivity contribution in [2.45, 2.75) is 25.7 Å². The molecule has 6 nitrogen and oxygen atoms in total. The van der Waals surface area contributed by atoms with Crippen LogP contribution in [0.5, 0.6) is 0 Å². The van der Waals surface area contributed by atoms with Crippen LogP contribution in [0.25, 0.3) is 11.0 Å². The lowest BCUT2D eigenvalue weighted by molar-refractivity contribution is 0.600. The first kappa shape index (κ1) is 16.3. The number of nitrogens with one attached hydrogen (secondary N) is 2. The largest absolute Gasteiger partial charge is 0.326 e. The summed E-state index contributed by atoms with van der Waals surface area (Å²) < 4.78 is 29.6. The highest BCUT2D eigenvalue weighted by Crippen LogP contribution is 2.25. The fraction of sp³-hybridized carbons (Fsp3) is 0.235. The fourth-order valence-electron chi connectivity index (χ4n) is 3.10. The first-order valence-corrected chi connectivity index (χ1v) is 8.97. The Morgan fingerprint density at radius 3 is 2.29 bits per heavy atom. The van der Waals surface area contributed by atoms with Crippen LogP contribution < -0.4 is 10.4 Å². The van der Waals surface area contributed by atoms with Crippen molar-refractivity contribution in [3.8, 4) is 0 Å². The third-order valence-corrected chi connectivity index (χ3v) is 5.72. The van der Waals surface area contributed by atoms with E-state index in [4.69, 9.17) is 0 Å². The molecule has 24 heavy (non-hydrogen) atoms. The Morgan fingerprint density at radius 1 is 1.04 bits per heavy atom. The molecule has 2 N–H and O–H groups in total. The first-order chi connectivity index (χ1) is 11.2. The summed E-state index contributed by atoms with van der Waals surface area (Å²) in [6.07, 6.45) is 0. The highest BCUT2D eigenvalue weighted by Gasteiger charge is 2.20. The van der Waals surface area contributed by atoms with Gasteiger partial charge in [-0.05, 0) is 50.1 Å². The second-order valence-corrected chi connectivity index (χ2v) is 7.67. The predicted octanol–water partition coefficient (Wildman–Crippen LogP) is 2.59. The molecule has 3 rings (SSSR count). The molecule has 0 unspecified atom stereocenters. The van der Waals surface area contributed by atoms with Crippen molar-refractivity contribution < 1.29 is 8.42 Å². The Balaban J connectivity index is 2.05. The van der Waals surface area contributed by atoms with Gasteiger partial charge in [-0.3, -0.25) is 9.29 Å². The molecule has 0 bridgehead atoms. The maximum absolute atomic E-state index is 12.8. The van der Waals surface area contributed by atoms with Gasteiger partial charge in [0.05, 0.1) is 21.6 Å². The highest BCUT2D eigenvalue weighted by atomic mass is 32.2. The molecule has 0 aliphatic rings. The number of hydrogen-bond donors (Lipinski definition) is 2. The number of hydrogen-bond acceptors (Lipinski definition) is 3. The zero-order valence-electron chi connectivity index (χ0n) is 14.0. The third-order valence-electron chi connectivity index (χ3n) is 4.03. The van der Waals surface area contributed by atoms with Crippen LogP contribution in [-0.4, -0.2) is 18.0 Å². The summed E-state index contributed by atoms with van der Waals surface area (Å²) in [7, 11) is -2.06. The van der Waals surface area contributed by atoms with E-state index in [0.29, 0.717) is 27.8 Å². The Bertz CT molecular complexity index is 1080. The van der Waals surface area contributed by atoms with Gasteiger partial charge in [0.1, 0.15) is 0 Å². The minimum atomic E-state index is -3.71. The van der Waals surface area contributed by atoms with Gasteiger partial charge in [0.25, 0.3) is 10.0 Å². The quantitative estimate of drug-likeness (QED) is 0.765. The molecule has 0 radical (unpaired) electrons. The van der Waals surface area contributed by atoms with Gasteiger partial charge in [-0.25, -0.2) is 13.2 Å². The second-order valence-electron chi connectivity index (χ2n) is 6.05. The molecule has 1 aromatic heterocycles. The predicted molar refractivity (Wildman–Crippen MR) is 95.0 cm³/mol. The van der Waals surface area contributed by atoms with Crippen molar-refractivity contribution >= 4 is 26.7 Å². The van der Waals surface area contributed by atoms with Crippen LogP contribution in [0.1, 0.15) is 16.7 Å². The molecule has 0 aliphatic heterocycles. The summed E-state index contributed by atoms with van der Waals surface area (Å²) in [4.78, 5) is 14.6. The van der Waals surface area contributed by atoms with Gasteiger partial charge in [-0.1, -0.05) is 17.7 Å². The first-order valence-electron chi connectivity index (χ1n) is 7.48. The van der Waals surface area contributed by atoms with Gasteiger partial charge in [0.2, 0.25) is 0 Å². The highest BCUT2D eigenvalue weighted by molar-refractivity contribution is 7.92. The average molecular weight is 345 g/mol. The molecule has 0 amide bonds. The molecule has 7 heteroatoms. The van der Waals surface area contributed by atoms with E-state index >= 15 is 0 Å². The molecule has 126 valence electrons. The van der Waals surface area contributed by atoms with Crippen molar-refractivity contribution in [3.63, 3.8) is 0 Å². The van der Waals surface area contributed by atoms with Crippen molar-refractivity contribution in [1.82, 2.24) is 9.55 Å². The van der Waals surface area contributed by atoms with E-state index in [1.54, 1.807) is 39.1 Å². The molecular formula is C17H19N3O3S. The van der Waals surface area contributed by atoms with Crippen LogP contribution in [0.3, 0.4) is 0 Å². The lowest BCUT2D eigenvalue weighted by atomic mass is 10.1. The number of rotatable bonds is 3. The number of anilines is 1. The van der Waals surface area contributed by atoms with Crippen LogP contribution in [0.4, 0.5) is 5.69 Å². The average Bonchev–Trinajstić information content (AvgIpc) is 2.71. The van der Waals surface area contributed by atoms with Crippen LogP contribution in [0.2, 0.25) is 0 Å². The number of fused-ring (bicyclic) bond motifs is 1. The van der Waals surface area contributed by atoms with Crippen molar-refractivity contribution in [2.24, 2.45) is 7.05 Å². The van der Waals surface area contributed by atoms with Gasteiger partial charge < -0.3 is 4.98 Å². The molecule has 2 aromatic carbocycles. The van der Waals surface area contributed by atoms with E-state index in [0.717, 1.165) is 5.56 Å². The molecule has 0 saturated carbocycles. The van der Waals surface area contributed by atoms with Crippen LogP contribution in [0.15, 0.2) is 40.0 Å². The number of nitrogens with zero attached hydrogens (tertiary/aromatic N) is 1. The Labute approximate surface area is 140 Å². The number of benzene rings is 2. The zero-order chi connectivity index (χ0) is 17.6. The van der Waals surface area contributed by atoms with Crippen LogP contribution >= 0.6 is 0 Å². The van der Waals surface area contributed by atoms with E-state index < -0.39 is 10.0 Å². The molecular weight excluding hydrogens is 326 g/mol. The standard InChI is InChI=1S/C17H19N3O3S/c1-10-7-11(2)16(12(3)8-10)24(22,23)19-13-5-6-15-14(9-13)18-17(21)20(15)4/h5-9,19H,1-4H3,(H,18,21). The van der Waals surface area contributed by atoms with Gasteiger partial charge in [0.15, 0.2) is 0 Å². The molecule has 1 heterocycles. The van der Waals surface area contributed by atoms with E-state index in [-0.39, 0.29) is 10.6 Å². The Hall–Kier alpha value is -2.54. The van der Waals surface area contributed by atoms with E-state index in [1.165, 1.54) is 4.57 Å². The van der Waals surface area contributed by atoms with Gasteiger partial charge in [-0.15, -0.1) is 0 Å². The zero-order valence-corrected chi connectivity index (χ0v) is 14.8. The number of sulfonamides is 1. The summed E-state index contributed by atoms with van der Waals surface area (Å²) in [5.41, 5.74) is 3.89. The topological polar surface area (TPSA) is 84.0 Å². The third kappa shape index (κ3) is 2.71. The molecule has 0 spiro atoms. The summed E-state index contributed by atoms with van der Waals surface area (Å²) in [5, 5.41) is 0. The summed E-state index contributed by atoms with van der Waals surface area (Å²) in [6, 6.07) is 8.66. The fourth-order valence-corrected chi connectivity index (χ4v) is 4.60. The van der Waals surface area contributed by atoms with Crippen molar-refractivity contribution in [2.75, 3.05) is 4.72 Å². The lowest BCUT2D eigenvalue weighted by Crippen LogP contribution is -2.16. The molecule has 0 atom stereocenters. The van der Waals surface area contributed by atoms with E-state index in [9.17, 15) is 13.2 Å². The normalized spacial score (nSPS) is 11.8. The number of aromatic nitrogens is 2. The van der Waals surface area contributed by atoms with Gasteiger partial charge >= 0.3 is 5.69 Å². The number of H-pyrrole nitrogens is 1. The van der Waals surface area contributed by atoms with Gasteiger partial charge in [-0.2, -0.15) is 0 Å². The number of imidazole rings is 1. The molecule has 0 aliphatic carbocycles. The SMILES string of the molecule is Cc1cc(C)c(S(=O)(=O)Nc2ccc3c(c2)[nH]c(=O)n3C)c(C)c1. The number of aromatic amines is 1. The minimum absolute atomic E-state index is 0.241. The molecule has 0 fully saturated rings. The van der Waals surface area contributed by atoms with Crippen molar-refractivity contribution in [1.29, 1.82) is 0 Å². The smallest absolute Gasteiger partial charge is 0.305 e. The maximum atomic E-state index is 12.8. The van der Waals surface area contributed by atoms with Gasteiger partial charge in [0, 0.05) is 7.05 Å². The van der Waals surface area contributed by atoms with Crippen LogP contribution in [-0.2, 0) is 17.1 Å². The number of aryl methyl sites for hydroxylation is 4. The van der Waals surface area contributed by atoms with E-state index in [2.05, 4.69) is 9.71 Å². The lowest BCUT2D eigenvalue weighted by Gasteiger charge is -2.14. The summed E-state index contributed by atoms with van der Waals surface area (Å²) in [5.74, 6) is 0. The Kier molecular flexibility index (Phi) is 3.76. The minimum Gasteiger partial charge on any atom is -0.305 e. The summed E-state index contributed by atoms with van der Waals surface area (Å²) >= 11 is 0. The van der Waals surface area contributed by atoms with Crippen LogP contribution in [0, 0.1) is 20.8 Å². The second kappa shape index (κ2) is 5.52. The van der Waals surface area contributed by atoms with Crippen molar-refractivity contribution in [3.05, 3.63) is 57.5 Å². The molecule has 3 aromatic rings. The van der Waals surface area contributed by atoms with E-state index in [1.807, 2.05) is 19.1 Å². The maximum Gasteiger partial charge on any atom is 0.326 e.